The lowest BCUT2D eigenvalue weighted by molar-refractivity contribution is -0.138. The number of carbonyl (C=O) groups excluding carboxylic acids is 1. The van der Waals surface area contributed by atoms with Gasteiger partial charge in [-0.2, -0.15) is 0 Å². The minimum atomic E-state index is -0.991. The van der Waals surface area contributed by atoms with E-state index in [0.717, 1.165) is 59.1 Å². The fraction of sp³-hybridized carbons (Fsp3) is 0.351. The minimum Gasteiger partial charge on any atom is -0.497 e. The van der Waals surface area contributed by atoms with Gasteiger partial charge < -0.3 is 43.9 Å². The van der Waals surface area contributed by atoms with Gasteiger partial charge in [-0.25, -0.2) is 4.79 Å². The maximum Gasteiger partial charge on any atom is 0.335 e. The van der Waals surface area contributed by atoms with Gasteiger partial charge in [0, 0.05) is 25.1 Å². The van der Waals surface area contributed by atoms with Crippen molar-refractivity contribution in [1.29, 1.82) is 0 Å². The van der Waals surface area contributed by atoms with Crippen LogP contribution >= 0.6 is 0 Å². The Balaban J connectivity index is 0.000000236. The minimum absolute atomic E-state index is 0.0542. The van der Waals surface area contributed by atoms with Crippen molar-refractivity contribution in [2.24, 2.45) is 11.8 Å². The molecule has 8 aromatic rings. The van der Waals surface area contributed by atoms with Gasteiger partial charge in [0.25, 0.3) is 5.91 Å². The van der Waals surface area contributed by atoms with Crippen LogP contribution in [0, 0.1) is 60.3 Å². The summed E-state index contributed by atoms with van der Waals surface area (Å²) in [6.45, 7) is 26.1. The Morgan fingerprint density at radius 3 is 1.44 bits per heavy atom. The van der Waals surface area contributed by atoms with E-state index in [9.17, 15) is 19.2 Å². The van der Waals surface area contributed by atoms with Crippen LogP contribution in [0.2, 0.25) is 0 Å². The number of hydrogen-bond donors (Lipinski definition) is 3. The van der Waals surface area contributed by atoms with Gasteiger partial charge >= 0.3 is 17.9 Å². The maximum absolute atomic E-state index is 13.0. The lowest BCUT2D eigenvalue weighted by atomic mass is 9.73. The first-order chi connectivity index (χ1) is 43.1. The number of para-hydroxylation sites is 1. The number of aryl methyl sites for hydroxylation is 7. The van der Waals surface area contributed by atoms with Crippen molar-refractivity contribution in [3.05, 3.63) is 226 Å². The predicted molar refractivity (Wildman–Crippen MR) is 363 cm³/mol. The van der Waals surface area contributed by atoms with E-state index < -0.39 is 24.0 Å². The van der Waals surface area contributed by atoms with E-state index in [1.165, 1.54) is 44.7 Å². The molecule has 1 saturated carbocycles. The van der Waals surface area contributed by atoms with Gasteiger partial charge in [-0.05, 0) is 199 Å². The molecule has 8 aromatic carbocycles. The number of likely N-dealkylation sites (N-methyl/N-ethyl adjacent to an activating group) is 1. The Labute approximate surface area is 534 Å². The number of carbonyl (C=O) groups is 4. The monoisotopic (exact) mass is 1230 g/mol. The quantitative estimate of drug-likeness (QED) is 0.0580. The zero-order valence-corrected chi connectivity index (χ0v) is 55.1. The number of methoxy groups -OCH3 is 1. The fourth-order valence-corrected chi connectivity index (χ4v) is 10.1. The summed E-state index contributed by atoms with van der Waals surface area (Å²) in [4.78, 5) is 46.3. The van der Waals surface area contributed by atoms with Gasteiger partial charge in [0.1, 0.15) is 34.3 Å². The molecule has 13 nitrogen and oxygen atoms in total. The summed E-state index contributed by atoms with van der Waals surface area (Å²) in [6, 6.07) is 58.8. The van der Waals surface area contributed by atoms with Crippen LogP contribution in [-0.4, -0.2) is 77.7 Å². The van der Waals surface area contributed by atoms with Gasteiger partial charge in [0.15, 0.2) is 6.10 Å². The van der Waals surface area contributed by atoms with Gasteiger partial charge in [-0.3, -0.25) is 14.4 Å². The van der Waals surface area contributed by atoms with Crippen LogP contribution in [0.1, 0.15) is 129 Å². The van der Waals surface area contributed by atoms with E-state index in [4.69, 9.17) is 39.0 Å². The number of aromatic carboxylic acids is 1. The molecule has 13 heteroatoms. The molecule has 1 amide bonds. The zero-order valence-electron chi connectivity index (χ0n) is 55.1. The largest absolute Gasteiger partial charge is 0.497 e. The lowest BCUT2D eigenvalue weighted by Crippen LogP contribution is -2.41. The van der Waals surface area contributed by atoms with Crippen molar-refractivity contribution in [3.8, 4) is 28.7 Å². The highest BCUT2D eigenvalue weighted by atomic mass is 16.6. The second-order valence-corrected chi connectivity index (χ2v) is 22.4. The number of aliphatic carboxylic acids is 2. The highest BCUT2D eigenvalue weighted by Gasteiger charge is 2.65. The molecule has 1 saturated heterocycles. The molecule has 480 valence electrons. The first kappa shape index (κ1) is 73.5. The molecule has 1 aliphatic heterocycles. The van der Waals surface area contributed by atoms with Crippen molar-refractivity contribution in [2.45, 2.75) is 140 Å². The molecule has 0 aromatic heterocycles. The number of rotatable bonds is 17. The number of ether oxygens (including phenoxy) is 5. The van der Waals surface area contributed by atoms with Crippen LogP contribution in [0.3, 0.4) is 0 Å². The first-order valence-electron chi connectivity index (χ1n) is 31.1. The number of nitrogens with zero attached hydrogens (tertiary/aromatic N) is 1. The molecule has 2 fully saturated rings. The molecule has 2 aliphatic rings. The third-order valence-electron chi connectivity index (χ3n) is 15.2. The Morgan fingerprint density at radius 1 is 0.544 bits per heavy atom. The van der Waals surface area contributed by atoms with E-state index in [1.807, 2.05) is 139 Å². The molecule has 10 rings (SSSR count). The first-order valence-corrected chi connectivity index (χ1v) is 31.1. The summed E-state index contributed by atoms with van der Waals surface area (Å²) >= 11 is 0. The molecule has 1 aliphatic carbocycles. The SMILES string of the molecule is CC.CCN(C(=O)C1OC12CCC(C)CC2C)c1cccc(C(=O)O)c1.COc1ccc(Oc2ccccc2)cc1.Cc1ccc(C)c(C)c1.Cc1ccc(OCCCC(=O)O)c(C)c1.Cc1ccc(OCCCC(=O)O)c(C)c1.c1ccc2ccccc2c1. The molecule has 4 unspecified atom stereocenters. The average molecular weight is 1230 g/mol. The zero-order chi connectivity index (χ0) is 66.2. The van der Waals surface area contributed by atoms with Crippen LogP contribution in [0.25, 0.3) is 10.8 Å². The summed E-state index contributed by atoms with van der Waals surface area (Å²) in [6.07, 6.45) is 4.12. The van der Waals surface area contributed by atoms with Crippen LogP contribution < -0.4 is 23.8 Å². The maximum atomic E-state index is 13.0. The van der Waals surface area contributed by atoms with Crippen molar-refractivity contribution in [3.63, 3.8) is 0 Å². The molecular weight excluding hydrogens is 1130 g/mol. The molecule has 1 spiro atoms. The van der Waals surface area contributed by atoms with Crippen LogP contribution in [-0.2, 0) is 19.1 Å². The number of fused-ring (bicyclic) bond motifs is 1. The Bertz CT molecular complexity index is 3340. The number of hydrogen-bond acceptors (Lipinski definition) is 9. The molecule has 90 heavy (non-hydrogen) atoms. The summed E-state index contributed by atoms with van der Waals surface area (Å²) in [5, 5.41) is 28.7. The molecule has 0 radical (unpaired) electrons. The number of anilines is 1. The van der Waals surface area contributed by atoms with Crippen molar-refractivity contribution < 1.29 is 58.2 Å². The highest BCUT2D eigenvalue weighted by molar-refractivity contribution is 6.00. The smallest absolute Gasteiger partial charge is 0.335 e. The number of carboxylic acid groups (broad SMARTS) is 3. The summed E-state index contributed by atoms with van der Waals surface area (Å²) in [5.74, 6) is 2.60. The fourth-order valence-electron chi connectivity index (χ4n) is 10.1. The summed E-state index contributed by atoms with van der Waals surface area (Å²) in [7, 11) is 1.65. The van der Waals surface area contributed by atoms with Crippen LogP contribution in [0.15, 0.2) is 182 Å². The van der Waals surface area contributed by atoms with E-state index in [-0.39, 0.29) is 29.9 Å². The van der Waals surface area contributed by atoms with E-state index in [0.29, 0.717) is 50.1 Å². The molecular formula is C77H95NO12. The second kappa shape index (κ2) is 38.5. The number of benzene rings is 8. The normalized spacial score (nSPS) is 15.5. The van der Waals surface area contributed by atoms with Gasteiger partial charge in [-0.15, -0.1) is 0 Å². The Morgan fingerprint density at radius 2 is 1.01 bits per heavy atom. The standard InChI is InChI=1S/C19H25NO4.C13H12O2.2C12H16O3.C10H8.C9H12.C2H6/c1-4-20(15-7-5-6-14(11-15)18(22)23)17(21)16-19(24-16)9-8-12(2)10-13(19)3;1-14-11-7-9-13(10-8-11)15-12-5-3-2-4-6-12;2*1-9-5-6-11(10(2)8-9)15-7-3-4-12(13)14;1-2-6-10-8-4-3-7-9(10)5-1;1-7-4-5-8(2)9(3)6-7;1-2/h5-7,11-13,16H,4,8-10H2,1-3H3,(H,22,23);2-10H,1H3;2*5-6,8H,3-4,7H2,1-2H3,(H,13,14);1-8H;4-6H,1-3H3;1-2H3. The molecule has 4 atom stereocenters. The number of epoxide rings is 1. The van der Waals surface area contributed by atoms with Crippen LogP contribution in [0.5, 0.6) is 28.7 Å². The molecule has 0 bridgehead atoms. The highest BCUT2D eigenvalue weighted by Crippen LogP contribution is 2.53. The van der Waals surface area contributed by atoms with E-state index >= 15 is 0 Å². The topological polar surface area (TPSA) is 182 Å². The third-order valence-corrected chi connectivity index (χ3v) is 15.2. The average Bonchev–Trinajstić information content (AvgIpc) is 1.56. The Hall–Kier alpha value is -8.94. The summed E-state index contributed by atoms with van der Waals surface area (Å²) < 4.78 is 27.6. The van der Waals surface area contributed by atoms with Crippen LogP contribution in [0.4, 0.5) is 5.69 Å². The number of amides is 1. The third kappa shape index (κ3) is 24.9. The van der Waals surface area contributed by atoms with Crippen molar-refractivity contribution in [2.75, 3.05) is 31.8 Å². The van der Waals surface area contributed by atoms with Crippen molar-refractivity contribution in [1.82, 2.24) is 0 Å². The number of carboxylic acids is 3. The second-order valence-electron chi connectivity index (χ2n) is 22.4. The van der Waals surface area contributed by atoms with Crippen molar-refractivity contribution >= 4 is 40.3 Å². The Kier molecular flexibility index (Phi) is 31.4. The van der Waals surface area contributed by atoms with Gasteiger partial charge in [-0.1, -0.05) is 160 Å². The molecule has 3 N–H and O–H groups in total. The molecule has 1 heterocycles. The van der Waals surface area contributed by atoms with E-state index in [1.54, 1.807) is 30.2 Å². The lowest BCUT2D eigenvalue weighted by Gasteiger charge is -2.31. The van der Waals surface area contributed by atoms with E-state index in [2.05, 4.69) is 101 Å². The van der Waals surface area contributed by atoms with Gasteiger partial charge in [0.05, 0.1) is 25.9 Å². The predicted octanol–water partition coefficient (Wildman–Crippen LogP) is 18.4. The summed E-state index contributed by atoms with van der Waals surface area (Å²) in [5.41, 5.74) is 9.18. The van der Waals surface area contributed by atoms with Gasteiger partial charge in [0.2, 0.25) is 0 Å².